The zero-order valence-corrected chi connectivity index (χ0v) is 10.1. The molecule has 0 aromatic carbocycles. The quantitative estimate of drug-likeness (QED) is 0.839. The molecule has 16 heavy (non-hydrogen) atoms. The number of hydrogen-bond donors (Lipinski definition) is 1. The first-order valence-corrected chi connectivity index (χ1v) is 6.48. The van der Waals surface area contributed by atoms with E-state index in [1.54, 1.807) is 0 Å². The zero-order valence-electron chi connectivity index (χ0n) is 10.1. The monoisotopic (exact) mass is 219 g/mol. The lowest BCUT2D eigenvalue weighted by atomic mass is 9.67. The van der Waals surface area contributed by atoms with E-state index in [-0.39, 0.29) is 0 Å². The highest BCUT2D eigenvalue weighted by Crippen LogP contribution is 2.44. The molecule has 1 aromatic rings. The molecule has 1 saturated heterocycles. The van der Waals surface area contributed by atoms with Crippen LogP contribution >= 0.6 is 0 Å². The third-order valence-corrected chi connectivity index (χ3v) is 4.48. The summed E-state index contributed by atoms with van der Waals surface area (Å²) in [4.78, 5) is 0. The molecule has 0 radical (unpaired) electrons. The van der Waals surface area contributed by atoms with Crippen LogP contribution in [-0.2, 0) is 13.5 Å². The van der Waals surface area contributed by atoms with Crippen LogP contribution in [0.25, 0.3) is 0 Å². The summed E-state index contributed by atoms with van der Waals surface area (Å²) in [5.74, 6) is 0.941. The lowest BCUT2D eigenvalue weighted by Crippen LogP contribution is -2.58. The van der Waals surface area contributed by atoms with Gasteiger partial charge in [-0.15, -0.1) is 0 Å². The van der Waals surface area contributed by atoms with Gasteiger partial charge in [-0.1, -0.05) is 12.8 Å². The van der Waals surface area contributed by atoms with Gasteiger partial charge in [0, 0.05) is 31.7 Å². The Morgan fingerprint density at radius 1 is 1.44 bits per heavy atom. The van der Waals surface area contributed by atoms with Crippen LogP contribution in [0.4, 0.5) is 0 Å². The number of rotatable bonds is 3. The number of hydrogen-bond acceptors (Lipinski definition) is 2. The standard InChI is InChI=1S/C13H21N3/c1-16-7-6-12(15-16)8-13(9-14-10-13)11-4-2-3-5-11/h6-7,11,14H,2-5,8-10H2,1H3. The summed E-state index contributed by atoms with van der Waals surface area (Å²) in [6.45, 7) is 2.41. The van der Waals surface area contributed by atoms with Gasteiger partial charge in [0.15, 0.2) is 0 Å². The van der Waals surface area contributed by atoms with Crippen LogP contribution in [0.15, 0.2) is 12.3 Å². The Bertz CT molecular complexity index is 359. The molecule has 2 aliphatic rings. The molecule has 0 amide bonds. The van der Waals surface area contributed by atoms with Crippen molar-refractivity contribution in [3.05, 3.63) is 18.0 Å². The number of aryl methyl sites for hydroxylation is 1. The van der Waals surface area contributed by atoms with E-state index >= 15 is 0 Å². The van der Waals surface area contributed by atoms with Crippen molar-refractivity contribution in [2.45, 2.75) is 32.1 Å². The summed E-state index contributed by atoms with van der Waals surface area (Å²) in [6, 6.07) is 2.18. The fourth-order valence-corrected chi connectivity index (χ4v) is 3.46. The van der Waals surface area contributed by atoms with Crippen LogP contribution in [0.2, 0.25) is 0 Å². The summed E-state index contributed by atoms with van der Waals surface area (Å²) in [6.07, 6.45) is 8.99. The van der Waals surface area contributed by atoms with Gasteiger partial charge < -0.3 is 5.32 Å². The molecule has 1 aliphatic heterocycles. The Balaban J connectivity index is 1.74. The van der Waals surface area contributed by atoms with E-state index < -0.39 is 0 Å². The van der Waals surface area contributed by atoms with Crippen LogP contribution in [0.1, 0.15) is 31.4 Å². The van der Waals surface area contributed by atoms with Gasteiger partial charge in [-0.25, -0.2) is 0 Å². The van der Waals surface area contributed by atoms with Gasteiger partial charge in [0.05, 0.1) is 5.69 Å². The molecule has 0 bridgehead atoms. The number of nitrogens with zero attached hydrogens (tertiary/aromatic N) is 2. The van der Waals surface area contributed by atoms with Crippen molar-refractivity contribution < 1.29 is 0 Å². The maximum atomic E-state index is 4.54. The molecule has 1 N–H and O–H groups in total. The van der Waals surface area contributed by atoms with Crippen molar-refractivity contribution in [1.29, 1.82) is 0 Å². The van der Waals surface area contributed by atoms with E-state index in [4.69, 9.17) is 0 Å². The number of aromatic nitrogens is 2. The molecule has 3 rings (SSSR count). The van der Waals surface area contributed by atoms with E-state index in [0.717, 1.165) is 5.92 Å². The molecule has 3 nitrogen and oxygen atoms in total. The van der Waals surface area contributed by atoms with Gasteiger partial charge in [-0.3, -0.25) is 4.68 Å². The molecule has 1 aliphatic carbocycles. The second-order valence-corrected chi connectivity index (χ2v) is 5.60. The van der Waals surface area contributed by atoms with E-state index in [1.807, 2.05) is 11.7 Å². The Kier molecular flexibility index (Phi) is 2.51. The Morgan fingerprint density at radius 2 is 2.19 bits per heavy atom. The SMILES string of the molecule is Cn1ccc(CC2(C3CCCC3)CNC2)n1. The molecule has 88 valence electrons. The van der Waals surface area contributed by atoms with Gasteiger partial charge in [-0.2, -0.15) is 5.10 Å². The van der Waals surface area contributed by atoms with E-state index in [9.17, 15) is 0 Å². The van der Waals surface area contributed by atoms with E-state index in [2.05, 4.69) is 22.7 Å². The summed E-state index contributed by atoms with van der Waals surface area (Å²) in [5.41, 5.74) is 1.81. The molecule has 1 aromatic heterocycles. The van der Waals surface area contributed by atoms with Gasteiger partial charge in [0.2, 0.25) is 0 Å². The van der Waals surface area contributed by atoms with Crippen LogP contribution in [0.5, 0.6) is 0 Å². The fraction of sp³-hybridized carbons (Fsp3) is 0.769. The lowest BCUT2D eigenvalue weighted by Gasteiger charge is -2.47. The first-order valence-electron chi connectivity index (χ1n) is 6.48. The summed E-state index contributed by atoms with van der Waals surface area (Å²) >= 11 is 0. The second-order valence-electron chi connectivity index (χ2n) is 5.60. The molecule has 2 heterocycles. The predicted octanol–water partition coefficient (Wildman–Crippen LogP) is 1.74. The van der Waals surface area contributed by atoms with Gasteiger partial charge in [-0.05, 0) is 31.2 Å². The van der Waals surface area contributed by atoms with Gasteiger partial charge in [0.1, 0.15) is 0 Å². The maximum Gasteiger partial charge on any atom is 0.0631 e. The molecule has 0 atom stereocenters. The first-order chi connectivity index (χ1) is 7.78. The minimum Gasteiger partial charge on any atom is -0.315 e. The average molecular weight is 219 g/mol. The smallest absolute Gasteiger partial charge is 0.0631 e. The average Bonchev–Trinajstić information content (AvgIpc) is 2.82. The minimum absolute atomic E-state index is 0.533. The zero-order chi connectivity index (χ0) is 11.0. The van der Waals surface area contributed by atoms with Crippen molar-refractivity contribution in [3.63, 3.8) is 0 Å². The summed E-state index contributed by atoms with van der Waals surface area (Å²) < 4.78 is 1.92. The molecule has 0 unspecified atom stereocenters. The van der Waals surface area contributed by atoms with Crippen LogP contribution < -0.4 is 5.32 Å². The van der Waals surface area contributed by atoms with Crippen molar-refractivity contribution in [1.82, 2.24) is 15.1 Å². The van der Waals surface area contributed by atoms with Crippen LogP contribution in [0, 0.1) is 11.3 Å². The molecule has 1 saturated carbocycles. The third-order valence-electron chi connectivity index (χ3n) is 4.48. The minimum atomic E-state index is 0.533. The second kappa shape index (κ2) is 3.88. The highest BCUT2D eigenvalue weighted by atomic mass is 15.2. The lowest BCUT2D eigenvalue weighted by molar-refractivity contribution is 0.0798. The molecule has 3 heteroatoms. The van der Waals surface area contributed by atoms with Crippen molar-refractivity contribution in [2.24, 2.45) is 18.4 Å². The maximum absolute atomic E-state index is 4.54. The third kappa shape index (κ3) is 1.67. The molecular formula is C13H21N3. The van der Waals surface area contributed by atoms with Crippen molar-refractivity contribution >= 4 is 0 Å². The fourth-order valence-electron chi connectivity index (χ4n) is 3.46. The van der Waals surface area contributed by atoms with Crippen LogP contribution in [0.3, 0.4) is 0 Å². The Labute approximate surface area is 97.2 Å². The topological polar surface area (TPSA) is 29.9 Å². The normalized spacial score (nSPS) is 24.6. The Morgan fingerprint density at radius 3 is 2.69 bits per heavy atom. The summed E-state index contributed by atoms with van der Waals surface area (Å²) in [5, 5.41) is 8.01. The molecular weight excluding hydrogens is 198 g/mol. The summed E-state index contributed by atoms with van der Waals surface area (Å²) in [7, 11) is 2.00. The Hall–Kier alpha value is -0.830. The van der Waals surface area contributed by atoms with Gasteiger partial charge in [0.25, 0.3) is 0 Å². The predicted molar refractivity (Wildman–Crippen MR) is 64.2 cm³/mol. The first kappa shape index (κ1) is 10.3. The molecule has 2 fully saturated rings. The van der Waals surface area contributed by atoms with E-state index in [0.29, 0.717) is 5.41 Å². The molecule has 0 spiro atoms. The van der Waals surface area contributed by atoms with Crippen molar-refractivity contribution in [3.8, 4) is 0 Å². The van der Waals surface area contributed by atoms with Gasteiger partial charge >= 0.3 is 0 Å². The highest BCUT2D eigenvalue weighted by Gasteiger charge is 2.45. The largest absolute Gasteiger partial charge is 0.315 e. The number of nitrogens with one attached hydrogen (secondary N) is 1. The van der Waals surface area contributed by atoms with Crippen LogP contribution in [-0.4, -0.2) is 22.9 Å². The van der Waals surface area contributed by atoms with Crippen molar-refractivity contribution in [2.75, 3.05) is 13.1 Å². The highest BCUT2D eigenvalue weighted by molar-refractivity contribution is 5.09. The van der Waals surface area contributed by atoms with E-state index in [1.165, 1.54) is 50.9 Å².